The molecular formula is C15H15ClN3O3+. The molecule has 0 aliphatic carbocycles. The number of non-ortho nitro benzene ring substituents is 1. The van der Waals surface area contributed by atoms with Crippen molar-refractivity contribution >= 4 is 28.9 Å². The number of pyridine rings is 1. The van der Waals surface area contributed by atoms with Crippen LogP contribution in [0.5, 0.6) is 0 Å². The van der Waals surface area contributed by atoms with Crippen molar-refractivity contribution < 1.29 is 14.3 Å². The normalized spacial score (nSPS) is 10.3. The number of nitrogens with one attached hydrogen (secondary N) is 1. The van der Waals surface area contributed by atoms with E-state index in [2.05, 4.69) is 5.32 Å². The molecule has 1 N–H and O–H groups in total. The van der Waals surface area contributed by atoms with E-state index in [-0.39, 0.29) is 23.2 Å². The van der Waals surface area contributed by atoms with E-state index in [1.807, 2.05) is 36.7 Å². The number of benzene rings is 1. The number of halogens is 1. The van der Waals surface area contributed by atoms with Gasteiger partial charge in [-0.25, -0.2) is 0 Å². The third-order valence-electron chi connectivity index (χ3n) is 3.37. The van der Waals surface area contributed by atoms with E-state index in [1.54, 1.807) is 0 Å². The van der Waals surface area contributed by atoms with Gasteiger partial charge in [0, 0.05) is 30.7 Å². The number of nitrogens with zero attached hydrogens (tertiary/aromatic N) is 2. The lowest BCUT2D eigenvalue weighted by atomic mass is 10.2. The van der Waals surface area contributed by atoms with Crippen LogP contribution in [0.4, 0.5) is 11.4 Å². The highest BCUT2D eigenvalue weighted by Crippen LogP contribution is 2.26. The van der Waals surface area contributed by atoms with Crippen LogP contribution in [0.1, 0.15) is 11.3 Å². The zero-order valence-electron chi connectivity index (χ0n) is 12.2. The summed E-state index contributed by atoms with van der Waals surface area (Å²) >= 11 is 5.95. The van der Waals surface area contributed by atoms with Crippen molar-refractivity contribution in [2.75, 3.05) is 5.32 Å². The minimum Gasteiger partial charge on any atom is -0.319 e. The van der Waals surface area contributed by atoms with Gasteiger partial charge in [-0.3, -0.25) is 14.9 Å². The van der Waals surface area contributed by atoms with Crippen LogP contribution in [-0.2, 0) is 11.3 Å². The SMILES string of the molecule is Cc1ccc[n+](CC(=O)Nc2ccc([N+](=O)[O-])cc2Cl)c1C. The molecule has 0 atom stereocenters. The molecule has 0 aliphatic rings. The number of rotatable bonds is 4. The summed E-state index contributed by atoms with van der Waals surface area (Å²) in [5.41, 5.74) is 2.31. The summed E-state index contributed by atoms with van der Waals surface area (Å²) in [7, 11) is 0. The van der Waals surface area contributed by atoms with E-state index in [0.29, 0.717) is 5.69 Å². The second-order valence-electron chi connectivity index (χ2n) is 4.87. The van der Waals surface area contributed by atoms with E-state index in [0.717, 1.165) is 11.3 Å². The largest absolute Gasteiger partial charge is 0.319 e. The number of hydrogen-bond donors (Lipinski definition) is 1. The van der Waals surface area contributed by atoms with Crippen molar-refractivity contribution in [1.29, 1.82) is 0 Å². The maximum atomic E-state index is 12.1. The molecule has 114 valence electrons. The Morgan fingerprint density at radius 3 is 2.73 bits per heavy atom. The Balaban J connectivity index is 2.12. The number of carbonyl (C=O) groups excluding carboxylic acids is 1. The van der Waals surface area contributed by atoms with Crippen molar-refractivity contribution in [3.05, 3.63) is 62.9 Å². The number of amides is 1. The van der Waals surface area contributed by atoms with Gasteiger partial charge in [0.15, 0.2) is 11.9 Å². The fourth-order valence-corrected chi connectivity index (χ4v) is 2.21. The number of hydrogen-bond acceptors (Lipinski definition) is 3. The second-order valence-corrected chi connectivity index (χ2v) is 5.28. The number of nitro benzene ring substituents is 1. The summed E-state index contributed by atoms with van der Waals surface area (Å²) < 4.78 is 1.82. The van der Waals surface area contributed by atoms with Crippen molar-refractivity contribution in [3.63, 3.8) is 0 Å². The lowest BCUT2D eigenvalue weighted by Crippen LogP contribution is -2.43. The maximum Gasteiger partial charge on any atom is 0.290 e. The molecule has 0 unspecified atom stereocenters. The smallest absolute Gasteiger partial charge is 0.290 e. The average molecular weight is 321 g/mol. The predicted molar refractivity (Wildman–Crippen MR) is 82.8 cm³/mol. The van der Waals surface area contributed by atoms with Gasteiger partial charge in [-0.15, -0.1) is 0 Å². The van der Waals surface area contributed by atoms with Crippen LogP contribution in [0.25, 0.3) is 0 Å². The highest BCUT2D eigenvalue weighted by molar-refractivity contribution is 6.33. The third-order valence-corrected chi connectivity index (χ3v) is 3.68. The van der Waals surface area contributed by atoms with Crippen molar-refractivity contribution in [1.82, 2.24) is 0 Å². The van der Waals surface area contributed by atoms with Crippen LogP contribution in [0, 0.1) is 24.0 Å². The van der Waals surface area contributed by atoms with E-state index >= 15 is 0 Å². The number of aryl methyl sites for hydroxylation is 1. The van der Waals surface area contributed by atoms with Crippen LogP contribution < -0.4 is 9.88 Å². The number of nitro groups is 1. The zero-order valence-corrected chi connectivity index (χ0v) is 12.9. The van der Waals surface area contributed by atoms with Gasteiger partial charge < -0.3 is 5.32 Å². The molecule has 0 radical (unpaired) electrons. The number of anilines is 1. The lowest BCUT2D eigenvalue weighted by Gasteiger charge is -2.06. The Labute approximate surface area is 132 Å². The van der Waals surface area contributed by atoms with Gasteiger partial charge in [-0.2, -0.15) is 4.57 Å². The molecular weight excluding hydrogens is 306 g/mol. The zero-order chi connectivity index (χ0) is 16.3. The third kappa shape index (κ3) is 3.59. The molecule has 22 heavy (non-hydrogen) atoms. The van der Waals surface area contributed by atoms with Crippen LogP contribution in [0.3, 0.4) is 0 Å². The minimum absolute atomic E-state index is 0.119. The molecule has 1 aromatic carbocycles. The summed E-state index contributed by atoms with van der Waals surface area (Å²) in [6.07, 6.45) is 1.82. The fourth-order valence-electron chi connectivity index (χ4n) is 1.98. The van der Waals surface area contributed by atoms with Gasteiger partial charge in [-0.1, -0.05) is 11.6 Å². The van der Waals surface area contributed by atoms with Crippen LogP contribution in [0.15, 0.2) is 36.5 Å². The molecule has 0 saturated carbocycles. The van der Waals surface area contributed by atoms with Gasteiger partial charge in [0.2, 0.25) is 6.54 Å². The highest BCUT2D eigenvalue weighted by atomic mass is 35.5. The molecule has 1 amide bonds. The Morgan fingerprint density at radius 2 is 2.09 bits per heavy atom. The van der Waals surface area contributed by atoms with Gasteiger partial charge in [0.05, 0.1) is 15.6 Å². The topological polar surface area (TPSA) is 76.1 Å². The molecule has 1 aromatic heterocycles. The van der Waals surface area contributed by atoms with Gasteiger partial charge in [-0.05, 0) is 19.1 Å². The van der Waals surface area contributed by atoms with Gasteiger partial charge >= 0.3 is 0 Å². The molecule has 0 spiro atoms. The van der Waals surface area contributed by atoms with Crippen molar-refractivity contribution in [2.45, 2.75) is 20.4 Å². The van der Waals surface area contributed by atoms with E-state index in [4.69, 9.17) is 11.6 Å². The van der Waals surface area contributed by atoms with E-state index in [9.17, 15) is 14.9 Å². The van der Waals surface area contributed by atoms with Crippen molar-refractivity contribution in [2.24, 2.45) is 0 Å². The molecule has 2 rings (SSSR count). The number of carbonyl (C=O) groups is 1. The molecule has 1 heterocycles. The first-order valence-corrected chi connectivity index (χ1v) is 6.95. The summed E-state index contributed by atoms with van der Waals surface area (Å²) in [6, 6.07) is 7.77. The van der Waals surface area contributed by atoms with Gasteiger partial charge in [0.1, 0.15) is 0 Å². The lowest BCUT2D eigenvalue weighted by molar-refractivity contribution is -0.690. The predicted octanol–water partition coefficient (Wildman–Crippen LogP) is 2.79. The van der Waals surface area contributed by atoms with E-state index < -0.39 is 4.92 Å². The standard InChI is InChI=1S/C15H14ClN3O3/c1-10-4-3-7-18(11(10)2)9-15(20)17-14-6-5-12(19(21)22)8-13(14)16/h3-8H,9H2,1-2H3/p+1. The Morgan fingerprint density at radius 1 is 1.36 bits per heavy atom. The molecule has 0 aliphatic heterocycles. The first kappa shape index (κ1) is 15.9. The molecule has 0 bridgehead atoms. The maximum absolute atomic E-state index is 12.1. The summed E-state index contributed by atoms with van der Waals surface area (Å²) in [6.45, 7) is 4.04. The van der Waals surface area contributed by atoms with Gasteiger partial charge in [0.25, 0.3) is 11.6 Å². The molecule has 2 aromatic rings. The minimum atomic E-state index is -0.538. The quantitative estimate of drug-likeness (QED) is 0.534. The average Bonchev–Trinajstić information content (AvgIpc) is 2.46. The van der Waals surface area contributed by atoms with Crippen LogP contribution >= 0.6 is 11.6 Å². The Hall–Kier alpha value is -2.47. The summed E-state index contributed by atoms with van der Waals surface area (Å²) in [5.74, 6) is -0.255. The first-order chi connectivity index (χ1) is 10.4. The highest BCUT2D eigenvalue weighted by Gasteiger charge is 2.16. The fraction of sp³-hybridized carbons (Fsp3) is 0.200. The Bertz CT molecular complexity index is 747. The number of aromatic nitrogens is 1. The monoisotopic (exact) mass is 320 g/mol. The second kappa shape index (κ2) is 6.53. The van der Waals surface area contributed by atoms with Crippen LogP contribution in [0.2, 0.25) is 5.02 Å². The summed E-state index contributed by atoms with van der Waals surface area (Å²) in [4.78, 5) is 22.2. The van der Waals surface area contributed by atoms with E-state index in [1.165, 1.54) is 18.2 Å². The molecule has 7 heteroatoms. The first-order valence-electron chi connectivity index (χ1n) is 6.58. The van der Waals surface area contributed by atoms with Crippen LogP contribution in [-0.4, -0.2) is 10.8 Å². The Kier molecular flexibility index (Phi) is 4.72. The molecule has 0 saturated heterocycles. The summed E-state index contributed by atoms with van der Waals surface area (Å²) in [5, 5.41) is 13.4. The van der Waals surface area contributed by atoms with Crippen molar-refractivity contribution in [3.8, 4) is 0 Å². The molecule has 6 nitrogen and oxygen atoms in total. The molecule has 0 fully saturated rings.